The van der Waals surface area contributed by atoms with E-state index in [1.807, 2.05) is 83.6 Å². The fourth-order valence-electron chi connectivity index (χ4n) is 3.92. The Kier molecular flexibility index (Phi) is 6.72. The summed E-state index contributed by atoms with van der Waals surface area (Å²) >= 11 is 1.32. The maximum absolute atomic E-state index is 12.5. The molecule has 0 aliphatic heterocycles. The Morgan fingerprint density at radius 1 is 1.03 bits per heavy atom. The van der Waals surface area contributed by atoms with Crippen LogP contribution in [0.1, 0.15) is 18.1 Å². The van der Waals surface area contributed by atoms with Crippen molar-refractivity contribution in [2.45, 2.75) is 18.5 Å². The number of fused-ring (bicyclic) bond motifs is 1. The first kappa shape index (κ1) is 22.6. The maximum atomic E-state index is 12.5. The molecule has 8 heteroatoms. The second-order valence-electron chi connectivity index (χ2n) is 7.86. The van der Waals surface area contributed by atoms with Gasteiger partial charge in [0.15, 0.2) is 11.0 Å². The van der Waals surface area contributed by atoms with E-state index in [0.29, 0.717) is 5.16 Å². The molecule has 35 heavy (non-hydrogen) atoms. The number of aromatic amines is 1. The van der Waals surface area contributed by atoms with Gasteiger partial charge >= 0.3 is 0 Å². The van der Waals surface area contributed by atoms with Crippen molar-refractivity contribution in [3.63, 3.8) is 0 Å². The molecule has 2 N–H and O–H groups in total. The molecule has 0 bridgehead atoms. The average molecular weight is 481 g/mol. The summed E-state index contributed by atoms with van der Waals surface area (Å²) in [5, 5.41) is 14.7. The van der Waals surface area contributed by atoms with Gasteiger partial charge in [0.2, 0.25) is 0 Å². The number of hydrogen-bond donors (Lipinski definition) is 2. The van der Waals surface area contributed by atoms with Crippen LogP contribution < -0.4 is 5.43 Å². The molecule has 0 radical (unpaired) electrons. The summed E-state index contributed by atoms with van der Waals surface area (Å²) < 4.78 is 1.97. The number of aryl methyl sites for hydroxylation is 1. The molecule has 0 spiro atoms. The highest BCUT2D eigenvalue weighted by atomic mass is 32.2. The SMILES string of the molecule is CCc1cccc2c(/C=N/NC(=O)CSc3nnc(-c4ccccc4)n3-c3ccccc3)c[nH]c12. The number of hydrazone groups is 1. The molecular formula is C27H24N6OS. The molecule has 174 valence electrons. The van der Waals surface area contributed by atoms with E-state index in [-0.39, 0.29) is 11.7 Å². The molecule has 0 saturated carbocycles. The first-order valence-corrected chi connectivity index (χ1v) is 12.3. The lowest BCUT2D eigenvalue weighted by atomic mass is 10.1. The topological polar surface area (TPSA) is 88.0 Å². The molecule has 0 fully saturated rings. The van der Waals surface area contributed by atoms with E-state index in [1.165, 1.54) is 17.3 Å². The summed E-state index contributed by atoms with van der Waals surface area (Å²) in [6, 6.07) is 26.0. The Balaban J connectivity index is 1.29. The molecule has 1 amide bonds. The van der Waals surface area contributed by atoms with Crippen LogP contribution in [0.4, 0.5) is 0 Å². The highest BCUT2D eigenvalue weighted by Gasteiger charge is 2.17. The molecule has 2 aromatic heterocycles. The van der Waals surface area contributed by atoms with Crippen molar-refractivity contribution in [2.75, 3.05) is 5.75 Å². The van der Waals surface area contributed by atoms with E-state index in [4.69, 9.17) is 0 Å². The summed E-state index contributed by atoms with van der Waals surface area (Å²) in [5.74, 6) is 0.665. The summed E-state index contributed by atoms with van der Waals surface area (Å²) in [4.78, 5) is 15.8. The lowest BCUT2D eigenvalue weighted by molar-refractivity contribution is -0.118. The Hall–Kier alpha value is -4.17. The largest absolute Gasteiger partial charge is 0.360 e. The van der Waals surface area contributed by atoms with Gasteiger partial charge in [-0.15, -0.1) is 10.2 Å². The first-order chi connectivity index (χ1) is 17.2. The Morgan fingerprint density at radius 2 is 1.80 bits per heavy atom. The zero-order valence-electron chi connectivity index (χ0n) is 19.2. The predicted octanol–water partition coefficient (Wildman–Crippen LogP) is 5.22. The lowest BCUT2D eigenvalue weighted by Gasteiger charge is -2.10. The van der Waals surface area contributed by atoms with Crippen molar-refractivity contribution in [2.24, 2.45) is 5.10 Å². The Morgan fingerprint density at radius 3 is 2.57 bits per heavy atom. The molecule has 0 unspecified atom stereocenters. The van der Waals surface area contributed by atoms with Crippen LogP contribution in [0.25, 0.3) is 28.0 Å². The number of amides is 1. The van der Waals surface area contributed by atoms with Crippen LogP contribution in [-0.4, -0.2) is 37.6 Å². The third kappa shape index (κ3) is 4.88. The van der Waals surface area contributed by atoms with Crippen LogP contribution in [-0.2, 0) is 11.2 Å². The smallest absolute Gasteiger partial charge is 0.250 e. The van der Waals surface area contributed by atoms with Gasteiger partial charge in [0.05, 0.1) is 12.0 Å². The van der Waals surface area contributed by atoms with Gasteiger partial charge in [-0.05, 0) is 24.1 Å². The molecule has 0 aliphatic carbocycles. The number of thioether (sulfide) groups is 1. The number of carbonyl (C=O) groups excluding carboxylic acids is 1. The van der Waals surface area contributed by atoms with Gasteiger partial charge in [0.1, 0.15) is 0 Å². The van der Waals surface area contributed by atoms with E-state index in [2.05, 4.69) is 38.7 Å². The lowest BCUT2D eigenvalue weighted by Crippen LogP contribution is -2.20. The number of H-pyrrole nitrogens is 1. The van der Waals surface area contributed by atoms with Crippen molar-refractivity contribution in [3.8, 4) is 17.1 Å². The minimum Gasteiger partial charge on any atom is -0.360 e. The molecule has 0 aliphatic rings. The molecule has 7 nitrogen and oxygen atoms in total. The third-order valence-corrected chi connectivity index (χ3v) is 6.55. The van der Waals surface area contributed by atoms with E-state index >= 15 is 0 Å². The number of nitrogens with zero attached hydrogens (tertiary/aromatic N) is 4. The summed E-state index contributed by atoms with van der Waals surface area (Å²) in [7, 11) is 0. The van der Waals surface area contributed by atoms with Crippen LogP contribution in [0, 0.1) is 0 Å². The summed E-state index contributed by atoms with van der Waals surface area (Å²) in [6.45, 7) is 2.13. The second-order valence-corrected chi connectivity index (χ2v) is 8.80. The fraction of sp³-hybridized carbons (Fsp3) is 0.111. The highest BCUT2D eigenvalue weighted by Crippen LogP contribution is 2.27. The van der Waals surface area contributed by atoms with Gasteiger partial charge in [-0.3, -0.25) is 9.36 Å². The molecule has 3 aromatic carbocycles. The summed E-state index contributed by atoms with van der Waals surface area (Å²) in [5.41, 5.74) is 7.79. The fourth-order valence-corrected chi connectivity index (χ4v) is 4.67. The van der Waals surface area contributed by atoms with E-state index in [0.717, 1.165) is 40.0 Å². The number of hydrogen-bond acceptors (Lipinski definition) is 5. The monoisotopic (exact) mass is 480 g/mol. The van der Waals surface area contributed by atoms with Gasteiger partial charge in [0.25, 0.3) is 5.91 Å². The molecular weight excluding hydrogens is 456 g/mol. The number of rotatable bonds is 8. The van der Waals surface area contributed by atoms with Crippen LogP contribution in [0.15, 0.2) is 95.3 Å². The average Bonchev–Trinajstić information content (AvgIpc) is 3.53. The third-order valence-electron chi connectivity index (χ3n) is 5.62. The van der Waals surface area contributed by atoms with Crippen LogP contribution >= 0.6 is 11.8 Å². The van der Waals surface area contributed by atoms with Crippen molar-refractivity contribution >= 4 is 34.8 Å². The number of benzene rings is 3. The van der Waals surface area contributed by atoms with Crippen molar-refractivity contribution in [1.29, 1.82) is 0 Å². The molecule has 5 rings (SSSR count). The van der Waals surface area contributed by atoms with E-state index < -0.39 is 0 Å². The van der Waals surface area contributed by atoms with Gasteiger partial charge in [-0.1, -0.05) is 85.4 Å². The second kappa shape index (κ2) is 10.4. The summed E-state index contributed by atoms with van der Waals surface area (Å²) in [6.07, 6.45) is 4.52. The standard InChI is InChI=1S/C27H24N6OS/c1-2-19-12-9-15-23-21(16-28-25(19)23)17-29-30-24(34)18-35-27-32-31-26(20-10-5-3-6-11-20)33(27)22-13-7-4-8-14-22/h3-17,28H,2,18H2,1H3,(H,30,34)/b29-17+. The van der Waals surface area contributed by atoms with Gasteiger partial charge < -0.3 is 4.98 Å². The first-order valence-electron chi connectivity index (χ1n) is 11.3. The molecule has 2 heterocycles. The normalized spacial score (nSPS) is 11.3. The maximum Gasteiger partial charge on any atom is 0.250 e. The van der Waals surface area contributed by atoms with Gasteiger partial charge in [0, 0.05) is 33.9 Å². The number of nitrogens with one attached hydrogen (secondary N) is 2. The van der Waals surface area contributed by atoms with Crippen LogP contribution in [0.5, 0.6) is 0 Å². The van der Waals surface area contributed by atoms with Crippen molar-refractivity contribution in [3.05, 3.63) is 96.2 Å². The van der Waals surface area contributed by atoms with E-state index in [9.17, 15) is 4.79 Å². The van der Waals surface area contributed by atoms with Gasteiger partial charge in [-0.2, -0.15) is 5.10 Å². The quantitative estimate of drug-likeness (QED) is 0.181. The molecule has 0 saturated heterocycles. The predicted molar refractivity (Wildman–Crippen MR) is 141 cm³/mol. The Labute approximate surface area is 207 Å². The van der Waals surface area contributed by atoms with Crippen LogP contribution in [0.2, 0.25) is 0 Å². The van der Waals surface area contributed by atoms with Crippen molar-refractivity contribution in [1.82, 2.24) is 25.2 Å². The van der Waals surface area contributed by atoms with E-state index in [1.54, 1.807) is 6.21 Å². The minimum absolute atomic E-state index is 0.158. The van der Waals surface area contributed by atoms with Crippen molar-refractivity contribution < 1.29 is 4.79 Å². The van der Waals surface area contributed by atoms with Gasteiger partial charge in [-0.25, -0.2) is 5.43 Å². The highest BCUT2D eigenvalue weighted by molar-refractivity contribution is 7.99. The Bertz CT molecular complexity index is 1470. The number of aromatic nitrogens is 4. The zero-order valence-corrected chi connectivity index (χ0v) is 20.0. The molecule has 0 atom stereocenters. The van der Waals surface area contributed by atoms with Crippen LogP contribution in [0.3, 0.4) is 0 Å². The zero-order chi connectivity index (χ0) is 24.0. The number of carbonyl (C=O) groups is 1. The molecule has 5 aromatic rings. The minimum atomic E-state index is -0.218. The number of para-hydroxylation sites is 2.